The molecule has 2 aromatic rings. The lowest BCUT2D eigenvalue weighted by molar-refractivity contribution is 0.392. The standard InChI is InChI=1S/C12H13BrN2O3S/c1-8-3-4-10(13)6-12(8)15-19(16,17)7-11-5-9(2)18-14-11/h3-6,15H,7H2,1-2H3. The third-order valence-electron chi connectivity index (χ3n) is 2.48. The zero-order valence-electron chi connectivity index (χ0n) is 10.5. The molecule has 0 amide bonds. The van der Waals surface area contributed by atoms with Crippen LogP contribution in [0.5, 0.6) is 0 Å². The van der Waals surface area contributed by atoms with Crippen LogP contribution in [0.25, 0.3) is 0 Å². The summed E-state index contributed by atoms with van der Waals surface area (Å²) in [6, 6.07) is 7.02. The van der Waals surface area contributed by atoms with E-state index in [-0.39, 0.29) is 5.75 Å². The molecule has 0 atom stereocenters. The minimum Gasteiger partial charge on any atom is -0.361 e. The quantitative estimate of drug-likeness (QED) is 0.925. The minimum absolute atomic E-state index is 0.212. The molecule has 1 heterocycles. The van der Waals surface area contributed by atoms with Crippen LogP contribution in [0.15, 0.2) is 33.3 Å². The number of hydrogen-bond donors (Lipinski definition) is 1. The molecule has 0 aliphatic carbocycles. The zero-order valence-corrected chi connectivity index (χ0v) is 12.9. The number of sulfonamides is 1. The van der Waals surface area contributed by atoms with Gasteiger partial charge in [-0.05, 0) is 31.5 Å². The van der Waals surface area contributed by atoms with E-state index in [1.165, 1.54) is 0 Å². The Morgan fingerprint density at radius 3 is 2.68 bits per heavy atom. The molecule has 102 valence electrons. The maximum absolute atomic E-state index is 12.0. The van der Waals surface area contributed by atoms with Crippen LogP contribution in [0.2, 0.25) is 0 Å². The SMILES string of the molecule is Cc1cc(CS(=O)(=O)Nc2cc(Br)ccc2C)no1. The highest BCUT2D eigenvalue weighted by Gasteiger charge is 2.15. The van der Waals surface area contributed by atoms with E-state index in [0.717, 1.165) is 10.0 Å². The Balaban J connectivity index is 2.19. The van der Waals surface area contributed by atoms with Crippen LogP contribution in [0.4, 0.5) is 5.69 Å². The highest BCUT2D eigenvalue weighted by molar-refractivity contribution is 9.10. The molecule has 19 heavy (non-hydrogen) atoms. The Bertz CT molecular complexity index is 695. The lowest BCUT2D eigenvalue weighted by Crippen LogP contribution is -2.16. The van der Waals surface area contributed by atoms with Gasteiger partial charge in [-0.25, -0.2) is 8.42 Å². The second-order valence-electron chi connectivity index (χ2n) is 4.25. The van der Waals surface area contributed by atoms with Crippen LogP contribution in [0, 0.1) is 13.8 Å². The van der Waals surface area contributed by atoms with Crippen molar-refractivity contribution in [2.24, 2.45) is 0 Å². The molecule has 1 aromatic heterocycles. The van der Waals surface area contributed by atoms with Crippen molar-refractivity contribution in [1.29, 1.82) is 0 Å². The summed E-state index contributed by atoms with van der Waals surface area (Å²) in [6.45, 7) is 3.56. The normalized spacial score (nSPS) is 11.5. The van der Waals surface area contributed by atoms with Crippen molar-refractivity contribution >= 4 is 31.6 Å². The Morgan fingerprint density at radius 2 is 2.05 bits per heavy atom. The van der Waals surface area contributed by atoms with Crippen molar-refractivity contribution in [2.45, 2.75) is 19.6 Å². The Kier molecular flexibility index (Phi) is 3.96. The highest BCUT2D eigenvalue weighted by Crippen LogP contribution is 2.22. The molecular formula is C12H13BrN2O3S. The topological polar surface area (TPSA) is 72.2 Å². The maximum atomic E-state index is 12.0. The first-order valence-electron chi connectivity index (χ1n) is 5.54. The van der Waals surface area contributed by atoms with E-state index >= 15 is 0 Å². The van der Waals surface area contributed by atoms with Crippen molar-refractivity contribution in [1.82, 2.24) is 5.16 Å². The van der Waals surface area contributed by atoms with Crippen LogP contribution in [-0.4, -0.2) is 13.6 Å². The van der Waals surface area contributed by atoms with Crippen molar-refractivity contribution in [2.75, 3.05) is 4.72 Å². The van der Waals surface area contributed by atoms with Gasteiger partial charge in [-0.1, -0.05) is 27.2 Å². The van der Waals surface area contributed by atoms with Gasteiger partial charge in [0.05, 0.1) is 5.69 Å². The molecule has 0 radical (unpaired) electrons. The summed E-state index contributed by atoms with van der Waals surface area (Å²) in [7, 11) is -3.51. The lowest BCUT2D eigenvalue weighted by Gasteiger charge is -2.09. The molecule has 0 fully saturated rings. The van der Waals surface area contributed by atoms with Gasteiger partial charge in [0.2, 0.25) is 10.0 Å². The molecule has 0 spiro atoms. The lowest BCUT2D eigenvalue weighted by atomic mass is 10.2. The first-order valence-corrected chi connectivity index (χ1v) is 7.99. The molecule has 0 saturated heterocycles. The number of benzene rings is 1. The number of rotatable bonds is 4. The predicted molar refractivity (Wildman–Crippen MR) is 76.4 cm³/mol. The van der Waals surface area contributed by atoms with Gasteiger partial charge in [0.25, 0.3) is 0 Å². The van der Waals surface area contributed by atoms with E-state index in [4.69, 9.17) is 4.52 Å². The number of nitrogens with one attached hydrogen (secondary N) is 1. The van der Waals surface area contributed by atoms with E-state index in [1.807, 2.05) is 19.1 Å². The summed E-state index contributed by atoms with van der Waals surface area (Å²) < 4.78 is 32.3. The summed E-state index contributed by atoms with van der Waals surface area (Å²) in [5, 5.41) is 3.68. The second-order valence-corrected chi connectivity index (χ2v) is 6.89. The van der Waals surface area contributed by atoms with E-state index in [1.54, 1.807) is 19.1 Å². The fraction of sp³-hybridized carbons (Fsp3) is 0.250. The van der Waals surface area contributed by atoms with Crippen molar-refractivity contribution in [3.05, 3.63) is 45.8 Å². The smallest absolute Gasteiger partial charge is 0.238 e. The summed E-state index contributed by atoms with van der Waals surface area (Å²) >= 11 is 3.31. The predicted octanol–water partition coefficient (Wildman–Crippen LogP) is 3.00. The van der Waals surface area contributed by atoms with Gasteiger partial charge in [-0.15, -0.1) is 0 Å². The zero-order chi connectivity index (χ0) is 14.0. The van der Waals surface area contributed by atoms with E-state index in [0.29, 0.717) is 17.1 Å². The monoisotopic (exact) mass is 344 g/mol. The van der Waals surface area contributed by atoms with Crippen LogP contribution >= 0.6 is 15.9 Å². The molecular weight excluding hydrogens is 332 g/mol. The highest BCUT2D eigenvalue weighted by atomic mass is 79.9. The number of halogens is 1. The Labute approximate surface area is 120 Å². The van der Waals surface area contributed by atoms with Gasteiger partial charge in [0, 0.05) is 10.5 Å². The van der Waals surface area contributed by atoms with Gasteiger partial charge in [0.1, 0.15) is 17.2 Å². The van der Waals surface area contributed by atoms with Crippen molar-refractivity contribution in [3.63, 3.8) is 0 Å². The summed E-state index contributed by atoms with van der Waals surface area (Å²) in [5.74, 6) is 0.375. The van der Waals surface area contributed by atoms with Crippen LogP contribution < -0.4 is 4.72 Å². The molecule has 0 saturated carbocycles. The van der Waals surface area contributed by atoms with Crippen LogP contribution in [0.3, 0.4) is 0 Å². The molecule has 0 aliphatic rings. The van der Waals surface area contributed by atoms with Crippen molar-refractivity contribution < 1.29 is 12.9 Å². The van der Waals surface area contributed by atoms with Crippen molar-refractivity contribution in [3.8, 4) is 0 Å². The first kappa shape index (κ1) is 14.1. The van der Waals surface area contributed by atoms with E-state index in [2.05, 4.69) is 25.8 Å². The first-order chi connectivity index (χ1) is 8.85. The Morgan fingerprint density at radius 1 is 1.32 bits per heavy atom. The van der Waals surface area contributed by atoms with Gasteiger partial charge in [0.15, 0.2) is 0 Å². The van der Waals surface area contributed by atoms with Crippen LogP contribution in [-0.2, 0) is 15.8 Å². The molecule has 1 aromatic carbocycles. The van der Waals surface area contributed by atoms with Crippen LogP contribution in [0.1, 0.15) is 17.0 Å². The summed E-state index contributed by atoms with van der Waals surface area (Å²) in [5.41, 5.74) is 1.79. The molecule has 5 nitrogen and oxygen atoms in total. The fourth-order valence-corrected chi connectivity index (χ4v) is 3.10. The molecule has 0 aliphatic heterocycles. The van der Waals surface area contributed by atoms with E-state index in [9.17, 15) is 8.42 Å². The third kappa shape index (κ3) is 3.81. The summed E-state index contributed by atoms with van der Waals surface area (Å²) in [6.07, 6.45) is 0. The molecule has 1 N–H and O–H groups in total. The second kappa shape index (κ2) is 5.34. The number of aryl methyl sites for hydroxylation is 2. The minimum atomic E-state index is -3.51. The van der Waals surface area contributed by atoms with Gasteiger partial charge in [-0.2, -0.15) is 0 Å². The largest absolute Gasteiger partial charge is 0.361 e. The van der Waals surface area contributed by atoms with E-state index < -0.39 is 10.0 Å². The number of aromatic nitrogens is 1. The maximum Gasteiger partial charge on any atom is 0.238 e. The summed E-state index contributed by atoms with van der Waals surface area (Å²) in [4.78, 5) is 0. The van der Waals surface area contributed by atoms with Gasteiger partial charge in [-0.3, -0.25) is 4.72 Å². The molecule has 2 rings (SSSR count). The molecule has 0 bridgehead atoms. The number of nitrogens with zero attached hydrogens (tertiary/aromatic N) is 1. The average molecular weight is 345 g/mol. The van der Waals surface area contributed by atoms with Gasteiger partial charge < -0.3 is 4.52 Å². The fourth-order valence-electron chi connectivity index (χ4n) is 1.59. The average Bonchev–Trinajstić information content (AvgIpc) is 2.68. The number of anilines is 1. The molecule has 0 unspecified atom stereocenters. The number of hydrogen-bond acceptors (Lipinski definition) is 4. The van der Waals surface area contributed by atoms with Gasteiger partial charge >= 0.3 is 0 Å². The third-order valence-corrected chi connectivity index (χ3v) is 4.18. The Hall–Kier alpha value is -1.34. The molecule has 7 heteroatoms.